The number of benzene rings is 1. The van der Waals surface area contributed by atoms with Crippen LogP contribution in [0, 0.1) is 0 Å². The van der Waals surface area contributed by atoms with E-state index in [2.05, 4.69) is 12.2 Å². The molecule has 0 aliphatic carbocycles. The Labute approximate surface area is 141 Å². The van der Waals surface area contributed by atoms with Gasteiger partial charge in [0.15, 0.2) is 0 Å². The maximum absolute atomic E-state index is 11.9. The fourth-order valence-electron chi connectivity index (χ4n) is 1.92. The van der Waals surface area contributed by atoms with Crippen LogP contribution in [0.4, 0.5) is 0 Å². The minimum absolute atomic E-state index is 0.0795. The quantitative estimate of drug-likeness (QED) is 0.421. The van der Waals surface area contributed by atoms with Gasteiger partial charge in [-0.25, -0.2) is 0 Å². The largest absolute Gasteiger partial charge is 0.319 e. The number of alkyl halides is 3. The van der Waals surface area contributed by atoms with Gasteiger partial charge in [0.2, 0.25) is 12.1 Å². The zero-order valence-corrected chi connectivity index (χ0v) is 14.4. The standard InChI is InChI=1S/C15H21Cl3N2O/c1-2-3-5-10-13(21)20-14(15(16,17)18)19-11-12-8-6-4-7-9-12/h4,6-9,14,19H,2-3,5,10-11H2,1H3,(H,20,21)/p+1/t14-/m0/s1. The summed E-state index contributed by atoms with van der Waals surface area (Å²) in [5.74, 6) is -0.0795. The smallest absolute Gasteiger partial charge is 0.262 e. The van der Waals surface area contributed by atoms with Crippen molar-refractivity contribution in [2.45, 2.75) is 49.1 Å². The van der Waals surface area contributed by atoms with Crippen molar-refractivity contribution in [3.63, 3.8) is 0 Å². The number of hydrogen-bond donors (Lipinski definition) is 2. The third-order valence-corrected chi connectivity index (χ3v) is 3.81. The predicted octanol–water partition coefficient (Wildman–Crippen LogP) is 3.14. The highest BCUT2D eigenvalue weighted by Gasteiger charge is 2.37. The van der Waals surface area contributed by atoms with Crippen molar-refractivity contribution in [2.75, 3.05) is 0 Å². The number of halogens is 3. The first-order valence-corrected chi connectivity index (χ1v) is 8.30. The molecule has 0 aliphatic rings. The molecule has 1 aromatic carbocycles. The van der Waals surface area contributed by atoms with E-state index in [1.807, 2.05) is 35.6 Å². The Morgan fingerprint density at radius 1 is 1.24 bits per heavy atom. The van der Waals surface area contributed by atoms with Gasteiger partial charge in [-0.2, -0.15) is 0 Å². The van der Waals surface area contributed by atoms with E-state index in [0.29, 0.717) is 13.0 Å². The van der Waals surface area contributed by atoms with Crippen molar-refractivity contribution in [1.82, 2.24) is 5.32 Å². The fraction of sp³-hybridized carbons (Fsp3) is 0.533. The SMILES string of the molecule is CCCCCC(=O)N[C@H]([NH2+]Cc1ccccc1)C(Cl)(Cl)Cl. The molecule has 118 valence electrons. The molecule has 0 bridgehead atoms. The van der Waals surface area contributed by atoms with Crippen molar-refractivity contribution in [3.05, 3.63) is 35.9 Å². The van der Waals surface area contributed by atoms with Gasteiger partial charge in [0.25, 0.3) is 3.79 Å². The van der Waals surface area contributed by atoms with Gasteiger partial charge in [0.05, 0.1) is 0 Å². The molecule has 3 nitrogen and oxygen atoms in total. The van der Waals surface area contributed by atoms with Crippen LogP contribution in [0.1, 0.15) is 38.2 Å². The number of rotatable bonds is 8. The van der Waals surface area contributed by atoms with Crippen LogP contribution in [0.2, 0.25) is 0 Å². The van der Waals surface area contributed by atoms with Gasteiger partial charge in [-0.05, 0) is 6.42 Å². The molecule has 0 heterocycles. The number of quaternary nitrogens is 1. The lowest BCUT2D eigenvalue weighted by Gasteiger charge is -2.23. The summed E-state index contributed by atoms with van der Waals surface area (Å²) in [7, 11) is 0. The second-order valence-corrected chi connectivity index (χ2v) is 7.34. The Kier molecular flexibility index (Phi) is 8.42. The predicted molar refractivity (Wildman–Crippen MR) is 88.4 cm³/mol. The summed E-state index contributed by atoms with van der Waals surface area (Å²) < 4.78 is -1.55. The average Bonchev–Trinajstić information content (AvgIpc) is 2.43. The van der Waals surface area contributed by atoms with Gasteiger partial charge in [0.1, 0.15) is 6.54 Å². The van der Waals surface area contributed by atoms with E-state index in [0.717, 1.165) is 24.8 Å². The molecule has 0 fully saturated rings. The van der Waals surface area contributed by atoms with Crippen LogP contribution in [0.15, 0.2) is 30.3 Å². The molecule has 21 heavy (non-hydrogen) atoms. The third-order valence-electron chi connectivity index (χ3n) is 3.11. The second-order valence-electron chi connectivity index (χ2n) is 4.97. The van der Waals surface area contributed by atoms with Gasteiger partial charge >= 0.3 is 0 Å². The van der Waals surface area contributed by atoms with E-state index in [9.17, 15) is 4.79 Å². The molecule has 1 aromatic rings. The first-order valence-electron chi connectivity index (χ1n) is 7.16. The Morgan fingerprint density at radius 3 is 2.48 bits per heavy atom. The van der Waals surface area contributed by atoms with E-state index < -0.39 is 9.96 Å². The van der Waals surface area contributed by atoms with Crippen molar-refractivity contribution >= 4 is 40.7 Å². The number of amides is 1. The molecule has 0 saturated heterocycles. The van der Waals surface area contributed by atoms with E-state index >= 15 is 0 Å². The number of carbonyl (C=O) groups excluding carboxylic acids is 1. The lowest BCUT2D eigenvalue weighted by Crippen LogP contribution is -2.95. The first kappa shape index (κ1) is 18.6. The molecular formula is C15H22Cl3N2O+. The molecule has 0 aromatic heterocycles. The van der Waals surface area contributed by atoms with Crippen LogP contribution in [0.5, 0.6) is 0 Å². The van der Waals surface area contributed by atoms with E-state index in [-0.39, 0.29) is 5.91 Å². The van der Waals surface area contributed by atoms with Crippen LogP contribution in [0.3, 0.4) is 0 Å². The minimum Gasteiger partial charge on any atom is -0.319 e. The molecule has 0 radical (unpaired) electrons. The Morgan fingerprint density at radius 2 is 1.90 bits per heavy atom. The molecule has 1 atom stereocenters. The summed E-state index contributed by atoms with van der Waals surface area (Å²) in [5.41, 5.74) is 1.11. The van der Waals surface area contributed by atoms with E-state index in [4.69, 9.17) is 34.8 Å². The topological polar surface area (TPSA) is 45.7 Å². The van der Waals surface area contributed by atoms with Gasteiger partial charge in [-0.3, -0.25) is 4.79 Å². The van der Waals surface area contributed by atoms with E-state index in [1.54, 1.807) is 0 Å². The molecule has 1 rings (SSSR count). The summed E-state index contributed by atoms with van der Waals surface area (Å²) in [6.45, 7) is 2.73. The highest BCUT2D eigenvalue weighted by molar-refractivity contribution is 6.68. The maximum atomic E-state index is 11.9. The summed E-state index contributed by atoms with van der Waals surface area (Å²) >= 11 is 17.9. The van der Waals surface area contributed by atoms with Crippen LogP contribution < -0.4 is 10.6 Å². The monoisotopic (exact) mass is 351 g/mol. The summed E-state index contributed by atoms with van der Waals surface area (Å²) in [4.78, 5) is 11.9. The van der Waals surface area contributed by atoms with Gasteiger partial charge < -0.3 is 10.6 Å². The molecule has 0 aliphatic heterocycles. The number of unbranched alkanes of at least 4 members (excludes halogenated alkanes) is 2. The zero-order chi connectivity index (χ0) is 15.7. The van der Waals surface area contributed by atoms with Crippen LogP contribution in [0.25, 0.3) is 0 Å². The molecule has 1 amide bonds. The fourth-order valence-corrected chi connectivity index (χ4v) is 2.35. The molecule has 3 N–H and O–H groups in total. The summed E-state index contributed by atoms with van der Waals surface area (Å²) in [6.07, 6.45) is 2.82. The summed E-state index contributed by atoms with van der Waals surface area (Å²) in [6, 6.07) is 9.85. The van der Waals surface area contributed by atoms with Crippen molar-refractivity contribution in [2.24, 2.45) is 0 Å². The number of hydrogen-bond acceptors (Lipinski definition) is 1. The normalized spacial score (nSPS) is 13.0. The highest BCUT2D eigenvalue weighted by atomic mass is 35.6. The van der Waals surface area contributed by atoms with Gasteiger partial charge in [0, 0.05) is 12.0 Å². The molecule has 0 spiro atoms. The number of carbonyl (C=O) groups is 1. The molecule has 6 heteroatoms. The van der Waals surface area contributed by atoms with E-state index in [1.165, 1.54) is 0 Å². The second kappa shape index (κ2) is 9.52. The lowest BCUT2D eigenvalue weighted by atomic mass is 10.2. The molecular weight excluding hydrogens is 331 g/mol. The highest BCUT2D eigenvalue weighted by Crippen LogP contribution is 2.27. The average molecular weight is 353 g/mol. The van der Waals surface area contributed by atoms with Gasteiger partial charge in [-0.1, -0.05) is 84.9 Å². The molecule has 0 unspecified atom stereocenters. The maximum Gasteiger partial charge on any atom is 0.262 e. The minimum atomic E-state index is -1.55. The lowest BCUT2D eigenvalue weighted by molar-refractivity contribution is -0.707. The van der Waals surface area contributed by atoms with Crippen molar-refractivity contribution in [3.8, 4) is 0 Å². The van der Waals surface area contributed by atoms with Crippen molar-refractivity contribution < 1.29 is 10.1 Å². The number of nitrogens with one attached hydrogen (secondary N) is 1. The van der Waals surface area contributed by atoms with Gasteiger partial charge in [-0.15, -0.1) is 0 Å². The van der Waals surface area contributed by atoms with Crippen LogP contribution >= 0.6 is 34.8 Å². The summed E-state index contributed by atoms with van der Waals surface area (Å²) in [5, 5.41) is 4.63. The Balaban J connectivity index is 2.50. The Bertz CT molecular complexity index is 421. The van der Waals surface area contributed by atoms with Crippen LogP contribution in [-0.4, -0.2) is 15.9 Å². The van der Waals surface area contributed by atoms with Crippen LogP contribution in [-0.2, 0) is 11.3 Å². The Hall–Kier alpha value is -0.480. The third kappa shape index (κ3) is 7.91. The first-order chi connectivity index (χ1) is 9.93. The number of nitrogens with two attached hydrogens (primary N) is 1. The zero-order valence-electron chi connectivity index (χ0n) is 12.1. The molecule has 0 saturated carbocycles. The van der Waals surface area contributed by atoms with Crippen molar-refractivity contribution in [1.29, 1.82) is 0 Å².